The van der Waals surface area contributed by atoms with Gasteiger partial charge in [0.15, 0.2) is 0 Å². The van der Waals surface area contributed by atoms with Crippen LogP contribution in [0.15, 0.2) is 24.3 Å². The van der Waals surface area contributed by atoms with E-state index in [9.17, 15) is 19.8 Å². The molecule has 0 aromatic carbocycles. The SMILES string of the molecule is CCCCC/C=C\C/C=C\CCCCCCCC(=O)OCCCCCCCCCCCCCCCCC(=O)NC(CO)C(O)CCCCCCCCCCC. The number of aliphatic hydroxyl groups is 2. The highest BCUT2D eigenvalue weighted by Gasteiger charge is 2.20. The van der Waals surface area contributed by atoms with Gasteiger partial charge < -0.3 is 20.3 Å². The lowest BCUT2D eigenvalue weighted by Gasteiger charge is -2.22. The van der Waals surface area contributed by atoms with Crippen LogP contribution >= 0.6 is 0 Å². The number of hydrogen-bond donors (Lipinski definition) is 3. The molecule has 0 aliphatic carbocycles. The van der Waals surface area contributed by atoms with Gasteiger partial charge in [-0.2, -0.15) is 0 Å². The molecule has 55 heavy (non-hydrogen) atoms. The number of nitrogens with one attached hydrogen (secondary N) is 1. The average molecular weight is 776 g/mol. The Labute approximate surface area is 341 Å². The van der Waals surface area contributed by atoms with Crippen LogP contribution in [0.1, 0.15) is 251 Å². The lowest BCUT2D eigenvalue weighted by Crippen LogP contribution is -2.45. The van der Waals surface area contributed by atoms with E-state index < -0.39 is 12.1 Å². The van der Waals surface area contributed by atoms with Crippen molar-refractivity contribution in [3.63, 3.8) is 0 Å². The fourth-order valence-corrected chi connectivity index (χ4v) is 7.26. The smallest absolute Gasteiger partial charge is 0.305 e. The van der Waals surface area contributed by atoms with Crippen molar-refractivity contribution in [3.05, 3.63) is 24.3 Å². The van der Waals surface area contributed by atoms with Crippen molar-refractivity contribution in [2.75, 3.05) is 13.2 Å². The number of unbranched alkanes of at least 4 members (excludes halogenated alkanes) is 29. The lowest BCUT2D eigenvalue weighted by atomic mass is 10.0. The molecule has 0 spiro atoms. The minimum Gasteiger partial charge on any atom is -0.466 e. The van der Waals surface area contributed by atoms with Crippen LogP contribution in [-0.2, 0) is 14.3 Å². The first-order valence-electron chi connectivity index (χ1n) is 24.1. The van der Waals surface area contributed by atoms with E-state index in [2.05, 4.69) is 43.5 Å². The van der Waals surface area contributed by atoms with Gasteiger partial charge in [0.05, 0.1) is 25.4 Å². The lowest BCUT2D eigenvalue weighted by molar-refractivity contribution is -0.143. The van der Waals surface area contributed by atoms with E-state index >= 15 is 0 Å². The van der Waals surface area contributed by atoms with Crippen molar-refractivity contribution < 1.29 is 24.5 Å². The second-order valence-corrected chi connectivity index (χ2v) is 16.4. The Morgan fingerprint density at radius 2 is 0.909 bits per heavy atom. The standard InChI is InChI=1S/C49H93NO5/c1-3-5-7-9-11-13-14-15-16-20-23-27-31-35-39-43-49(54)55-44-40-36-32-28-24-21-18-17-19-22-26-30-34-38-42-48(53)50-46(45-51)47(52)41-37-33-29-25-12-10-8-6-4-2/h11,13,15-16,46-47,51-52H,3-10,12,14,17-45H2,1-2H3,(H,50,53)/b13-11-,16-15-. The Morgan fingerprint density at radius 1 is 0.509 bits per heavy atom. The van der Waals surface area contributed by atoms with E-state index in [1.165, 1.54) is 161 Å². The molecule has 0 rings (SSSR count). The van der Waals surface area contributed by atoms with E-state index in [1.807, 2.05) is 0 Å². The monoisotopic (exact) mass is 776 g/mol. The number of ether oxygens (including phenoxy) is 1. The molecule has 0 aromatic rings. The van der Waals surface area contributed by atoms with Gasteiger partial charge in [-0.3, -0.25) is 9.59 Å². The molecule has 3 N–H and O–H groups in total. The van der Waals surface area contributed by atoms with Crippen molar-refractivity contribution >= 4 is 11.9 Å². The number of rotatable bonds is 44. The molecule has 2 atom stereocenters. The molecule has 0 saturated heterocycles. The molecule has 0 aromatic heterocycles. The summed E-state index contributed by atoms with van der Waals surface area (Å²) in [4.78, 5) is 24.4. The van der Waals surface area contributed by atoms with Crippen molar-refractivity contribution in [3.8, 4) is 0 Å². The van der Waals surface area contributed by atoms with Gasteiger partial charge in [-0.25, -0.2) is 0 Å². The van der Waals surface area contributed by atoms with E-state index in [1.54, 1.807) is 0 Å². The molecule has 0 aliphatic rings. The molecule has 6 nitrogen and oxygen atoms in total. The maximum absolute atomic E-state index is 12.4. The molecule has 1 amide bonds. The largest absolute Gasteiger partial charge is 0.466 e. The number of hydrogen-bond acceptors (Lipinski definition) is 5. The number of aliphatic hydroxyl groups excluding tert-OH is 2. The fraction of sp³-hybridized carbons (Fsp3) is 0.878. The molecule has 2 unspecified atom stereocenters. The maximum Gasteiger partial charge on any atom is 0.305 e. The van der Waals surface area contributed by atoms with Crippen LogP contribution < -0.4 is 5.32 Å². The number of carbonyl (C=O) groups is 2. The summed E-state index contributed by atoms with van der Waals surface area (Å²) in [5, 5.41) is 23.0. The minimum atomic E-state index is -0.669. The Morgan fingerprint density at radius 3 is 1.42 bits per heavy atom. The average Bonchev–Trinajstić information content (AvgIpc) is 3.18. The first kappa shape index (κ1) is 53.3. The Balaban J connectivity index is 3.43. The molecule has 324 valence electrons. The Bertz CT molecular complexity index is 858. The summed E-state index contributed by atoms with van der Waals surface area (Å²) in [6, 6.07) is -0.547. The normalized spacial score (nSPS) is 12.9. The topological polar surface area (TPSA) is 95.9 Å². The van der Waals surface area contributed by atoms with Crippen molar-refractivity contribution in [1.29, 1.82) is 0 Å². The molecular formula is C49H93NO5. The van der Waals surface area contributed by atoms with Gasteiger partial charge in [0.25, 0.3) is 0 Å². The molecule has 0 heterocycles. The van der Waals surface area contributed by atoms with Crippen molar-refractivity contribution in [2.24, 2.45) is 0 Å². The third-order valence-electron chi connectivity index (χ3n) is 11.0. The summed E-state index contributed by atoms with van der Waals surface area (Å²) in [7, 11) is 0. The van der Waals surface area contributed by atoms with E-state index in [0.29, 0.717) is 25.9 Å². The molecular weight excluding hydrogens is 683 g/mol. The summed E-state index contributed by atoms with van der Waals surface area (Å²) in [6.07, 6.45) is 51.4. The third kappa shape index (κ3) is 41.8. The van der Waals surface area contributed by atoms with Crippen LogP contribution in [0.4, 0.5) is 0 Å². The first-order valence-corrected chi connectivity index (χ1v) is 24.1. The highest BCUT2D eigenvalue weighted by atomic mass is 16.5. The Hall–Kier alpha value is -1.66. The van der Waals surface area contributed by atoms with Crippen LogP contribution in [0.2, 0.25) is 0 Å². The molecule has 0 bridgehead atoms. The quantitative estimate of drug-likeness (QED) is 0.0325. The molecule has 6 heteroatoms. The maximum atomic E-state index is 12.4. The van der Waals surface area contributed by atoms with E-state index in [0.717, 1.165) is 57.8 Å². The predicted molar refractivity (Wildman–Crippen MR) is 236 cm³/mol. The van der Waals surface area contributed by atoms with Gasteiger partial charge in [-0.05, 0) is 57.8 Å². The van der Waals surface area contributed by atoms with Gasteiger partial charge in [0.1, 0.15) is 0 Å². The van der Waals surface area contributed by atoms with E-state index in [-0.39, 0.29) is 18.5 Å². The summed E-state index contributed by atoms with van der Waals surface area (Å²) >= 11 is 0. The van der Waals surface area contributed by atoms with Crippen LogP contribution in [0.3, 0.4) is 0 Å². The highest BCUT2D eigenvalue weighted by molar-refractivity contribution is 5.76. The van der Waals surface area contributed by atoms with E-state index in [4.69, 9.17) is 4.74 Å². The van der Waals surface area contributed by atoms with Gasteiger partial charge in [-0.1, -0.05) is 205 Å². The summed E-state index contributed by atoms with van der Waals surface area (Å²) in [6.45, 7) is 4.87. The van der Waals surface area contributed by atoms with Crippen LogP contribution in [0.25, 0.3) is 0 Å². The third-order valence-corrected chi connectivity index (χ3v) is 11.0. The zero-order chi connectivity index (χ0) is 40.1. The zero-order valence-electron chi connectivity index (χ0n) is 36.7. The molecule has 0 aliphatic heterocycles. The highest BCUT2D eigenvalue weighted by Crippen LogP contribution is 2.16. The van der Waals surface area contributed by atoms with Gasteiger partial charge >= 0.3 is 5.97 Å². The zero-order valence-corrected chi connectivity index (χ0v) is 36.7. The number of esters is 1. The fourth-order valence-electron chi connectivity index (χ4n) is 7.26. The number of allylic oxidation sites excluding steroid dienone is 4. The molecule has 0 fully saturated rings. The van der Waals surface area contributed by atoms with Gasteiger partial charge in [0, 0.05) is 12.8 Å². The van der Waals surface area contributed by atoms with Crippen molar-refractivity contribution in [2.45, 2.75) is 264 Å². The molecule has 0 radical (unpaired) electrons. The summed E-state index contributed by atoms with van der Waals surface area (Å²) in [5.74, 6) is -0.0662. The Kier molecular flexibility index (Phi) is 43.7. The van der Waals surface area contributed by atoms with Gasteiger partial charge in [0.2, 0.25) is 5.91 Å². The van der Waals surface area contributed by atoms with Crippen LogP contribution in [0.5, 0.6) is 0 Å². The number of carbonyl (C=O) groups excluding carboxylic acids is 2. The minimum absolute atomic E-state index is 0.0169. The first-order chi connectivity index (χ1) is 27.0. The predicted octanol–water partition coefficient (Wildman–Crippen LogP) is 14.0. The number of amides is 1. The summed E-state index contributed by atoms with van der Waals surface area (Å²) < 4.78 is 5.45. The van der Waals surface area contributed by atoms with Crippen LogP contribution in [-0.4, -0.2) is 47.4 Å². The van der Waals surface area contributed by atoms with Crippen LogP contribution in [0, 0.1) is 0 Å². The summed E-state index contributed by atoms with van der Waals surface area (Å²) in [5.41, 5.74) is 0. The molecule has 0 saturated carbocycles. The van der Waals surface area contributed by atoms with Gasteiger partial charge in [-0.15, -0.1) is 0 Å². The second-order valence-electron chi connectivity index (χ2n) is 16.4. The second kappa shape index (κ2) is 45.0. The van der Waals surface area contributed by atoms with Crippen molar-refractivity contribution in [1.82, 2.24) is 5.32 Å².